The minimum Gasteiger partial charge on any atom is -0.409 e. The fourth-order valence-corrected chi connectivity index (χ4v) is 2.57. The molecule has 1 aliphatic rings. The average molecular weight is 261 g/mol. The Morgan fingerprint density at radius 2 is 2.16 bits per heavy atom. The Kier molecular flexibility index (Phi) is 4.04. The van der Waals surface area contributed by atoms with Crippen molar-refractivity contribution in [3.8, 4) is 0 Å². The van der Waals surface area contributed by atoms with E-state index >= 15 is 0 Å². The number of nitrogens with zero attached hydrogens (tertiary/aromatic N) is 2. The molecule has 2 unspecified atom stereocenters. The van der Waals surface area contributed by atoms with Crippen molar-refractivity contribution in [3.05, 3.63) is 35.9 Å². The molecule has 1 aromatic carbocycles. The van der Waals surface area contributed by atoms with Crippen LogP contribution in [-0.4, -0.2) is 34.4 Å². The summed E-state index contributed by atoms with van der Waals surface area (Å²) in [4.78, 5) is 14.4. The van der Waals surface area contributed by atoms with Crippen LogP contribution in [0.1, 0.15) is 31.2 Å². The van der Waals surface area contributed by atoms with Gasteiger partial charge in [-0.2, -0.15) is 0 Å². The van der Waals surface area contributed by atoms with Gasteiger partial charge < -0.3 is 15.8 Å². The molecule has 1 aromatic rings. The highest BCUT2D eigenvalue weighted by molar-refractivity contribution is 6.07. The van der Waals surface area contributed by atoms with Crippen LogP contribution in [0.3, 0.4) is 0 Å². The standard InChI is InChI=1S/C14H19N3O2/c1-10-6-5-9-17(10)14(18)12(13(15)16-19)11-7-3-2-4-8-11/h2-4,7-8,10,12,19H,5-6,9H2,1H3,(H2,15,16). The van der Waals surface area contributed by atoms with Crippen molar-refractivity contribution in [3.63, 3.8) is 0 Å². The molecule has 0 aliphatic carbocycles. The maximum Gasteiger partial charge on any atom is 0.238 e. The number of benzene rings is 1. The molecule has 1 amide bonds. The molecule has 1 aliphatic heterocycles. The number of likely N-dealkylation sites (tertiary alicyclic amines) is 1. The third kappa shape index (κ3) is 2.70. The van der Waals surface area contributed by atoms with Crippen LogP contribution in [0.5, 0.6) is 0 Å². The Bertz CT molecular complexity index is 473. The first-order chi connectivity index (χ1) is 9.15. The average Bonchev–Trinajstić information content (AvgIpc) is 2.86. The molecule has 0 aromatic heterocycles. The van der Waals surface area contributed by atoms with Crippen LogP contribution in [0.2, 0.25) is 0 Å². The zero-order chi connectivity index (χ0) is 13.8. The van der Waals surface area contributed by atoms with E-state index in [-0.39, 0.29) is 17.8 Å². The summed E-state index contributed by atoms with van der Waals surface area (Å²) in [5, 5.41) is 11.9. The lowest BCUT2D eigenvalue weighted by molar-refractivity contribution is -0.131. The van der Waals surface area contributed by atoms with E-state index in [1.165, 1.54) is 0 Å². The molecule has 1 saturated heterocycles. The molecule has 2 atom stereocenters. The summed E-state index contributed by atoms with van der Waals surface area (Å²) in [7, 11) is 0. The van der Waals surface area contributed by atoms with Gasteiger partial charge in [0, 0.05) is 12.6 Å². The number of oxime groups is 1. The summed E-state index contributed by atoms with van der Waals surface area (Å²) in [6.45, 7) is 2.77. The van der Waals surface area contributed by atoms with E-state index < -0.39 is 5.92 Å². The van der Waals surface area contributed by atoms with Crippen LogP contribution in [0.25, 0.3) is 0 Å². The molecule has 0 bridgehead atoms. The Morgan fingerprint density at radius 3 is 2.68 bits per heavy atom. The van der Waals surface area contributed by atoms with Gasteiger partial charge in [0.1, 0.15) is 5.92 Å². The molecule has 2 rings (SSSR count). The zero-order valence-electron chi connectivity index (χ0n) is 11.0. The number of carbonyl (C=O) groups is 1. The minimum atomic E-state index is -0.702. The SMILES string of the molecule is CC1CCCN1C(=O)C(C(N)=NO)c1ccccc1. The van der Waals surface area contributed by atoms with E-state index in [4.69, 9.17) is 10.9 Å². The topological polar surface area (TPSA) is 78.9 Å². The Hall–Kier alpha value is -2.04. The molecule has 3 N–H and O–H groups in total. The van der Waals surface area contributed by atoms with Crippen molar-refractivity contribution in [1.82, 2.24) is 4.90 Å². The van der Waals surface area contributed by atoms with Crippen LogP contribution >= 0.6 is 0 Å². The number of amides is 1. The number of carbonyl (C=O) groups excluding carboxylic acids is 1. The third-order valence-electron chi connectivity index (χ3n) is 3.63. The summed E-state index contributed by atoms with van der Waals surface area (Å²) in [6.07, 6.45) is 2.01. The van der Waals surface area contributed by atoms with Gasteiger partial charge in [0.2, 0.25) is 5.91 Å². The molecule has 0 radical (unpaired) electrons. The minimum absolute atomic E-state index is 0.0599. The van der Waals surface area contributed by atoms with Crippen molar-refractivity contribution in [2.45, 2.75) is 31.7 Å². The maximum absolute atomic E-state index is 12.6. The van der Waals surface area contributed by atoms with E-state index in [0.29, 0.717) is 0 Å². The highest BCUT2D eigenvalue weighted by atomic mass is 16.4. The lowest BCUT2D eigenvalue weighted by Crippen LogP contribution is -2.42. The summed E-state index contributed by atoms with van der Waals surface area (Å²) in [5.74, 6) is -0.853. The van der Waals surface area contributed by atoms with Gasteiger partial charge in [0.25, 0.3) is 0 Å². The van der Waals surface area contributed by atoms with Crippen molar-refractivity contribution in [2.75, 3.05) is 6.54 Å². The van der Waals surface area contributed by atoms with Crippen LogP contribution in [0.4, 0.5) is 0 Å². The third-order valence-corrected chi connectivity index (χ3v) is 3.63. The van der Waals surface area contributed by atoms with Crippen LogP contribution < -0.4 is 5.73 Å². The van der Waals surface area contributed by atoms with Crippen molar-refractivity contribution >= 4 is 11.7 Å². The molecule has 1 fully saturated rings. The fraction of sp³-hybridized carbons (Fsp3) is 0.429. The Morgan fingerprint density at radius 1 is 1.47 bits per heavy atom. The van der Waals surface area contributed by atoms with Crippen molar-refractivity contribution in [2.24, 2.45) is 10.9 Å². The Labute approximate surface area is 112 Å². The van der Waals surface area contributed by atoms with Gasteiger partial charge in [-0.3, -0.25) is 4.79 Å². The maximum atomic E-state index is 12.6. The van der Waals surface area contributed by atoms with Gasteiger partial charge in [-0.1, -0.05) is 35.5 Å². The molecular weight excluding hydrogens is 242 g/mol. The van der Waals surface area contributed by atoms with E-state index in [1.807, 2.05) is 42.2 Å². The second-order valence-electron chi connectivity index (χ2n) is 4.89. The predicted octanol–water partition coefficient (Wildman–Crippen LogP) is 1.53. The lowest BCUT2D eigenvalue weighted by Gasteiger charge is -2.26. The number of amidine groups is 1. The molecule has 0 saturated carbocycles. The van der Waals surface area contributed by atoms with E-state index in [2.05, 4.69) is 5.16 Å². The molecule has 1 heterocycles. The highest BCUT2D eigenvalue weighted by Gasteiger charge is 2.34. The van der Waals surface area contributed by atoms with Crippen molar-refractivity contribution in [1.29, 1.82) is 0 Å². The molecule has 5 heteroatoms. The fourth-order valence-electron chi connectivity index (χ4n) is 2.57. The normalized spacial score (nSPS) is 21.4. The first kappa shape index (κ1) is 13.4. The molecule has 19 heavy (non-hydrogen) atoms. The second kappa shape index (κ2) is 5.73. The molecule has 5 nitrogen and oxygen atoms in total. The van der Waals surface area contributed by atoms with Gasteiger partial charge in [-0.15, -0.1) is 0 Å². The quantitative estimate of drug-likeness (QED) is 0.375. The number of rotatable bonds is 3. The largest absolute Gasteiger partial charge is 0.409 e. The number of hydrogen-bond acceptors (Lipinski definition) is 3. The van der Waals surface area contributed by atoms with E-state index in [0.717, 1.165) is 24.9 Å². The second-order valence-corrected chi connectivity index (χ2v) is 4.89. The van der Waals surface area contributed by atoms with Gasteiger partial charge in [-0.05, 0) is 25.3 Å². The number of nitrogens with two attached hydrogens (primary N) is 1. The highest BCUT2D eigenvalue weighted by Crippen LogP contribution is 2.24. The first-order valence-corrected chi connectivity index (χ1v) is 6.48. The van der Waals surface area contributed by atoms with Gasteiger partial charge >= 0.3 is 0 Å². The van der Waals surface area contributed by atoms with Gasteiger partial charge in [0.05, 0.1) is 0 Å². The summed E-state index contributed by atoms with van der Waals surface area (Å²) >= 11 is 0. The van der Waals surface area contributed by atoms with Crippen LogP contribution in [-0.2, 0) is 4.79 Å². The summed E-state index contributed by atoms with van der Waals surface area (Å²) in [6, 6.07) is 9.41. The van der Waals surface area contributed by atoms with Gasteiger partial charge in [0.15, 0.2) is 5.84 Å². The van der Waals surface area contributed by atoms with Crippen molar-refractivity contribution < 1.29 is 10.0 Å². The van der Waals surface area contributed by atoms with E-state index in [9.17, 15) is 4.79 Å². The number of hydrogen-bond donors (Lipinski definition) is 2. The summed E-state index contributed by atoms with van der Waals surface area (Å²) < 4.78 is 0. The lowest BCUT2D eigenvalue weighted by atomic mass is 9.96. The molecular formula is C14H19N3O2. The monoisotopic (exact) mass is 261 g/mol. The van der Waals surface area contributed by atoms with Crippen LogP contribution in [0.15, 0.2) is 35.5 Å². The molecule has 102 valence electrons. The summed E-state index contributed by atoms with van der Waals surface area (Å²) in [5.41, 5.74) is 6.47. The predicted molar refractivity (Wildman–Crippen MR) is 73.0 cm³/mol. The smallest absolute Gasteiger partial charge is 0.238 e. The van der Waals surface area contributed by atoms with Crippen LogP contribution in [0, 0.1) is 0 Å². The van der Waals surface area contributed by atoms with E-state index in [1.54, 1.807) is 0 Å². The Balaban J connectivity index is 2.31. The zero-order valence-corrected chi connectivity index (χ0v) is 11.0. The molecule has 0 spiro atoms. The first-order valence-electron chi connectivity index (χ1n) is 6.48. The van der Waals surface area contributed by atoms with Gasteiger partial charge in [-0.25, -0.2) is 0 Å².